The van der Waals surface area contributed by atoms with Gasteiger partial charge in [0.05, 0.1) is 0 Å². The minimum atomic E-state index is 0.467. The van der Waals surface area contributed by atoms with Gasteiger partial charge in [0.2, 0.25) is 0 Å². The molecule has 0 bridgehead atoms. The summed E-state index contributed by atoms with van der Waals surface area (Å²) in [6.45, 7) is 4.60. The van der Waals surface area contributed by atoms with Gasteiger partial charge in [0.15, 0.2) is 0 Å². The van der Waals surface area contributed by atoms with Gasteiger partial charge in [0, 0.05) is 5.92 Å². The Morgan fingerprint density at radius 2 is 1.64 bits per heavy atom. The number of hydrogen-bond donors (Lipinski definition) is 0. The van der Waals surface area contributed by atoms with Crippen LogP contribution in [0.3, 0.4) is 0 Å². The fourth-order valence-corrected chi connectivity index (χ4v) is 4.21. The van der Waals surface area contributed by atoms with Gasteiger partial charge >= 0.3 is 0 Å². The molecule has 0 fully saturated rings. The Morgan fingerprint density at radius 3 is 2.36 bits per heavy atom. The highest BCUT2D eigenvalue weighted by Gasteiger charge is 2.25. The van der Waals surface area contributed by atoms with Crippen molar-refractivity contribution in [1.29, 1.82) is 0 Å². The van der Waals surface area contributed by atoms with E-state index < -0.39 is 0 Å². The third kappa shape index (κ3) is 1.90. The summed E-state index contributed by atoms with van der Waals surface area (Å²) in [7, 11) is 0. The van der Waals surface area contributed by atoms with Gasteiger partial charge in [-0.1, -0.05) is 68.5 Å². The predicted molar refractivity (Wildman–Crippen MR) is 94.5 cm³/mol. The smallest absolute Gasteiger partial charge is 0.0207 e. The molecule has 4 rings (SSSR count). The molecule has 0 nitrogen and oxygen atoms in total. The molecule has 110 valence electrons. The van der Waals surface area contributed by atoms with Crippen LogP contribution in [0.4, 0.5) is 0 Å². The fourth-order valence-electron chi connectivity index (χ4n) is 4.21. The maximum absolute atomic E-state index is 2.48. The quantitative estimate of drug-likeness (QED) is 0.588. The molecule has 0 radical (unpaired) electrons. The lowest BCUT2D eigenvalue weighted by Crippen LogP contribution is -2.04. The van der Waals surface area contributed by atoms with Gasteiger partial charge in [0.1, 0.15) is 0 Å². The number of allylic oxidation sites excluding steroid dienone is 4. The van der Waals surface area contributed by atoms with E-state index in [0.717, 1.165) is 19.3 Å². The van der Waals surface area contributed by atoms with Crippen LogP contribution in [0.5, 0.6) is 0 Å². The third-order valence-corrected chi connectivity index (χ3v) is 5.15. The van der Waals surface area contributed by atoms with E-state index in [1.807, 2.05) is 0 Å². The van der Waals surface area contributed by atoms with Crippen molar-refractivity contribution in [3.63, 3.8) is 0 Å². The monoisotopic (exact) mass is 286 g/mol. The SMILES string of the molecule is CCc1c(C2C=CC=C2)cc2c(c1CC)-c1ccccc1C2. The van der Waals surface area contributed by atoms with E-state index in [2.05, 4.69) is 68.5 Å². The van der Waals surface area contributed by atoms with Crippen LogP contribution in [0.25, 0.3) is 11.1 Å². The molecule has 0 heterocycles. The minimum Gasteiger partial charge on any atom is -0.0732 e. The Kier molecular flexibility index (Phi) is 3.26. The molecular formula is C22H22. The molecule has 0 atom stereocenters. The van der Waals surface area contributed by atoms with E-state index in [4.69, 9.17) is 0 Å². The lowest BCUT2D eigenvalue weighted by molar-refractivity contribution is 0.964. The second-order valence-electron chi connectivity index (χ2n) is 6.29. The van der Waals surface area contributed by atoms with Gasteiger partial charge in [-0.3, -0.25) is 0 Å². The summed E-state index contributed by atoms with van der Waals surface area (Å²) in [5, 5.41) is 0. The van der Waals surface area contributed by atoms with Gasteiger partial charge in [-0.15, -0.1) is 0 Å². The molecule has 0 saturated heterocycles. The minimum absolute atomic E-state index is 0.467. The summed E-state index contributed by atoms with van der Waals surface area (Å²) in [5.41, 5.74) is 10.7. The Labute approximate surface area is 133 Å². The standard InChI is InChI=1S/C22H22/c1-3-18-19(4-2)22-17(13-16-11-7-8-12-20(16)22)14-21(18)15-9-5-6-10-15/h5-12,14-15H,3-4,13H2,1-2H3. The first-order chi connectivity index (χ1) is 10.8. The Morgan fingerprint density at radius 1 is 0.909 bits per heavy atom. The van der Waals surface area contributed by atoms with Crippen LogP contribution in [0.15, 0.2) is 54.6 Å². The topological polar surface area (TPSA) is 0 Å². The highest BCUT2D eigenvalue weighted by atomic mass is 14.3. The van der Waals surface area contributed by atoms with Crippen LogP contribution >= 0.6 is 0 Å². The first-order valence-corrected chi connectivity index (χ1v) is 8.44. The van der Waals surface area contributed by atoms with E-state index >= 15 is 0 Å². The molecule has 0 amide bonds. The number of rotatable bonds is 3. The van der Waals surface area contributed by atoms with E-state index in [-0.39, 0.29) is 0 Å². The molecule has 0 unspecified atom stereocenters. The first-order valence-electron chi connectivity index (χ1n) is 8.44. The molecule has 0 spiro atoms. The van der Waals surface area contributed by atoms with Crippen molar-refractivity contribution in [1.82, 2.24) is 0 Å². The van der Waals surface area contributed by atoms with Gasteiger partial charge in [-0.25, -0.2) is 0 Å². The second-order valence-corrected chi connectivity index (χ2v) is 6.29. The fraction of sp³-hybridized carbons (Fsp3) is 0.273. The van der Waals surface area contributed by atoms with Crippen LogP contribution in [0.1, 0.15) is 47.6 Å². The van der Waals surface area contributed by atoms with Crippen molar-refractivity contribution in [3.8, 4) is 11.1 Å². The predicted octanol–water partition coefficient (Wildman–Crippen LogP) is 5.59. The lowest BCUT2D eigenvalue weighted by atomic mass is 9.84. The van der Waals surface area contributed by atoms with E-state index in [9.17, 15) is 0 Å². The van der Waals surface area contributed by atoms with Crippen molar-refractivity contribution >= 4 is 0 Å². The zero-order valence-electron chi connectivity index (χ0n) is 13.4. The molecule has 0 saturated carbocycles. The zero-order valence-corrected chi connectivity index (χ0v) is 13.4. The van der Waals surface area contributed by atoms with Gasteiger partial charge in [-0.05, 0) is 58.2 Å². The van der Waals surface area contributed by atoms with Crippen molar-refractivity contribution in [2.75, 3.05) is 0 Å². The average Bonchev–Trinajstić information content (AvgIpc) is 3.20. The summed E-state index contributed by atoms with van der Waals surface area (Å²) in [6, 6.07) is 11.4. The highest BCUT2D eigenvalue weighted by molar-refractivity contribution is 5.81. The molecule has 0 aromatic heterocycles. The maximum Gasteiger partial charge on any atom is 0.0207 e. The highest BCUT2D eigenvalue weighted by Crippen LogP contribution is 2.43. The lowest BCUT2D eigenvalue weighted by Gasteiger charge is -2.20. The maximum atomic E-state index is 2.48. The number of fused-ring (bicyclic) bond motifs is 3. The summed E-state index contributed by atoms with van der Waals surface area (Å²) in [4.78, 5) is 0. The van der Waals surface area contributed by atoms with Crippen LogP contribution in [0, 0.1) is 0 Å². The van der Waals surface area contributed by atoms with Crippen molar-refractivity contribution in [2.45, 2.75) is 39.0 Å². The molecule has 0 N–H and O–H groups in total. The molecule has 2 aromatic rings. The van der Waals surface area contributed by atoms with Gasteiger partial charge < -0.3 is 0 Å². The Bertz CT molecular complexity index is 778. The molecule has 2 aliphatic rings. The molecule has 2 aromatic carbocycles. The molecule has 22 heavy (non-hydrogen) atoms. The molecule has 2 aliphatic carbocycles. The summed E-state index contributed by atoms with van der Waals surface area (Å²) in [6.07, 6.45) is 12.3. The average molecular weight is 286 g/mol. The Hall–Kier alpha value is -2.08. The Balaban J connectivity index is 1.98. The molecule has 0 heteroatoms. The van der Waals surface area contributed by atoms with Crippen molar-refractivity contribution in [2.24, 2.45) is 0 Å². The second kappa shape index (κ2) is 5.28. The summed E-state index contributed by atoms with van der Waals surface area (Å²) < 4.78 is 0. The largest absolute Gasteiger partial charge is 0.0732 e. The molecule has 0 aliphatic heterocycles. The van der Waals surface area contributed by atoms with Crippen LogP contribution in [-0.4, -0.2) is 0 Å². The molecular weight excluding hydrogens is 264 g/mol. The summed E-state index contributed by atoms with van der Waals surface area (Å²) in [5.74, 6) is 0.467. The van der Waals surface area contributed by atoms with Crippen LogP contribution < -0.4 is 0 Å². The van der Waals surface area contributed by atoms with Gasteiger partial charge in [-0.2, -0.15) is 0 Å². The number of benzene rings is 2. The zero-order chi connectivity index (χ0) is 15.1. The normalized spacial score (nSPS) is 15.4. The first kappa shape index (κ1) is 13.6. The van der Waals surface area contributed by atoms with E-state index in [0.29, 0.717) is 5.92 Å². The van der Waals surface area contributed by atoms with Crippen LogP contribution in [-0.2, 0) is 19.3 Å². The third-order valence-electron chi connectivity index (χ3n) is 5.15. The number of hydrogen-bond acceptors (Lipinski definition) is 0. The van der Waals surface area contributed by atoms with Gasteiger partial charge in [0.25, 0.3) is 0 Å². The van der Waals surface area contributed by atoms with Crippen molar-refractivity contribution < 1.29 is 0 Å². The van der Waals surface area contributed by atoms with Crippen LogP contribution in [0.2, 0.25) is 0 Å². The summed E-state index contributed by atoms with van der Waals surface area (Å²) >= 11 is 0. The van der Waals surface area contributed by atoms with E-state index in [1.54, 1.807) is 11.1 Å². The van der Waals surface area contributed by atoms with E-state index in [1.165, 1.54) is 27.8 Å². The van der Waals surface area contributed by atoms with Crippen molar-refractivity contribution in [3.05, 3.63) is 82.5 Å².